The van der Waals surface area contributed by atoms with Gasteiger partial charge in [-0.2, -0.15) is 0 Å². The number of aromatic nitrogens is 1. The topological polar surface area (TPSA) is 30.0 Å². The zero-order valence-corrected chi connectivity index (χ0v) is 9.65. The smallest absolute Gasteiger partial charge is 0.141 e. The number of carbonyl (C=O) groups is 1. The van der Waals surface area contributed by atoms with E-state index in [4.69, 9.17) is 0 Å². The molecule has 1 aromatic rings. The van der Waals surface area contributed by atoms with Crippen LogP contribution in [0.3, 0.4) is 0 Å². The van der Waals surface area contributed by atoms with Crippen LogP contribution >= 0.6 is 11.3 Å². The summed E-state index contributed by atoms with van der Waals surface area (Å²) in [7, 11) is 0. The first-order valence-electron chi connectivity index (χ1n) is 5.03. The molecule has 0 radical (unpaired) electrons. The first-order valence-corrected chi connectivity index (χ1v) is 5.85. The average Bonchev–Trinajstić information content (AvgIpc) is 2.77. The first kappa shape index (κ1) is 9.84. The van der Waals surface area contributed by atoms with Crippen molar-refractivity contribution < 1.29 is 4.79 Å². The molecule has 0 unspecified atom stereocenters. The minimum Gasteiger partial charge on any atom is -0.299 e. The van der Waals surface area contributed by atoms with Crippen molar-refractivity contribution in [3.63, 3.8) is 0 Å². The van der Waals surface area contributed by atoms with Gasteiger partial charge < -0.3 is 0 Å². The minimum absolute atomic E-state index is 0.134. The van der Waals surface area contributed by atoms with E-state index in [1.807, 2.05) is 6.20 Å². The molecule has 1 aliphatic carbocycles. The number of ketones is 1. The van der Waals surface area contributed by atoms with Crippen LogP contribution in [-0.2, 0) is 10.2 Å². The highest BCUT2D eigenvalue weighted by Crippen LogP contribution is 2.51. The number of hydrogen-bond donors (Lipinski definition) is 0. The van der Waals surface area contributed by atoms with E-state index in [9.17, 15) is 4.79 Å². The summed E-state index contributed by atoms with van der Waals surface area (Å²) in [6, 6.07) is 0. The molecule has 3 heteroatoms. The minimum atomic E-state index is -0.134. The lowest BCUT2D eigenvalue weighted by atomic mass is 10.0. The van der Waals surface area contributed by atoms with Crippen LogP contribution in [0.1, 0.15) is 49.4 Å². The second-order valence-corrected chi connectivity index (χ2v) is 5.42. The Balaban J connectivity index is 2.30. The summed E-state index contributed by atoms with van der Waals surface area (Å²) in [4.78, 5) is 17.0. The molecule has 2 nitrogen and oxygen atoms in total. The molecular weight excluding hydrogens is 194 g/mol. The van der Waals surface area contributed by atoms with Crippen molar-refractivity contribution in [2.45, 2.75) is 44.9 Å². The van der Waals surface area contributed by atoms with Crippen molar-refractivity contribution in [1.82, 2.24) is 4.98 Å². The Kier molecular flexibility index (Phi) is 2.22. The molecule has 0 N–H and O–H groups in total. The van der Waals surface area contributed by atoms with Gasteiger partial charge in [0.05, 0.1) is 10.4 Å². The fraction of sp³-hybridized carbons (Fsp3) is 0.636. The largest absolute Gasteiger partial charge is 0.299 e. The van der Waals surface area contributed by atoms with E-state index in [0.717, 1.165) is 17.8 Å². The lowest BCUT2D eigenvalue weighted by Gasteiger charge is -2.06. The van der Waals surface area contributed by atoms with Gasteiger partial charge in [0.25, 0.3) is 0 Å². The van der Waals surface area contributed by atoms with Crippen LogP contribution in [0.5, 0.6) is 0 Å². The normalized spacial score (nSPS) is 18.6. The monoisotopic (exact) mass is 209 g/mol. The van der Waals surface area contributed by atoms with Gasteiger partial charge in [-0.1, -0.05) is 13.8 Å². The van der Waals surface area contributed by atoms with E-state index in [1.54, 1.807) is 18.3 Å². The number of Topliss-reactive ketones (excluding diaryl/α,β-unsaturated/α-hetero) is 1. The summed E-state index contributed by atoms with van der Waals surface area (Å²) < 4.78 is 0. The predicted octanol–water partition coefficient (Wildman–Crippen LogP) is 2.89. The zero-order chi connectivity index (χ0) is 10.3. The van der Waals surface area contributed by atoms with Gasteiger partial charge in [-0.25, -0.2) is 4.98 Å². The summed E-state index contributed by atoms with van der Waals surface area (Å²) in [5.74, 6) is 0.771. The SMILES string of the molecule is CC(=O)C1(c2cnc(C(C)C)s2)CC1. The molecule has 0 bridgehead atoms. The van der Waals surface area contributed by atoms with Crippen LogP contribution < -0.4 is 0 Å². The average molecular weight is 209 g/mol. The molecule has 0 amide bonds. The van der Waals surface area contributed by atoms with Gasteiger partial charge in [-0.3, -0.25) is 4.79 Å². The number of rotatable bonds is 3. The Hall–Kier alpha value is -0.700. The molecule has 1 aliphatic rings. The van der Waals surface area contributed by atoms with Crippen LogP contribution in [0, 0.1) is 0 Å². The van der Waals surface area contributed by atoms with E-state index >= 15 is 0 Å². The molecule has 0 aliphatic heterocycles. The zero-order valence-electron chi connectivity index (χ0n) is 8.83. The van der Waals surface area contributed by atoms with Crippen LogP contribution in [0.4, 0.5) is 0 Å². The second-order valence-electron chi connectivity index (χ2n) is 4.36. The van der Waals surface area contributed by atoms with E-state index in [-0.39, 0.29) is 5.41 Å². The highest BCUT2D eigenvalue weighted by molar-refractivity contribution is 7.12. The van der Waals surface area contributed by atoms with Crippen molar-refractivity contribution >= 4 is 17.1 Å². The van der Waals surface area contributed by atoms with E-state index in [2.05, 4.69) is 18.8 Å². The lowest BCUT2D eigenvalue weighted by molar-refractivity contribution is -0.119. The van der Waals surface area contributed by atoms with Crippen LogP contribution in [0.25, 0.3) is 0 Å². The number of nitrogens with zero attached hydrogens (tertiary/aromatic N) is 1. The van der Waals surface area contributed by atoms with Gasteiger partial charge in [-0.05, 0) is 19.8 Å². The fourth-order valence-corrected chi connectivity index (χ4v) is 2.89. The van der Waals surface area contributed by atoms with Crippen molar-refractivity contribution in [1.29, 1.82) is 0 Å². The highest BCUT2D eigenvalue weighted by Gasteiger charge is 2.50. The molecular formula is C11H15NOS. The molecule has 14 heavy (non-hydrogen) atoms. The van der Waals surface area contributed by atoms with Crippen molar-refractivity contribution in [3.05, 3.63) is 16.1 Å². The summed E-state index contributed by atoms with van der Waals surface area (Å²) in [5.41, 5.74) is -0.134. The maximum Gasteiger partial charge on any atom is 0.141 e. The molecule has 0 saturated heterocycles. The van der Waals surface area contributed by atoms with E-state index < -0.39 is 0 Å². The van der Waals surface area contributed by atoms with Crippen LogP contribution in [0.15, 0.2) is 6.20 Å². The van der Waals surface area contributed by atoms with E-state index in [0.29, 0.717) is 11.7 Å². The third kappa shape index (κ3) is 1.40. The maximum absolute atomic E-state index is 11.5. The molecule has 76 valence electrons. The van der Waals surface area contributed by atoms with Gasteiger partial charge in [0.2, 0.25) is 0 Å². The predicted molar refractivity (Wildman–Crippen MR) is 57.8 cm³/mol. The van der Waals surface area contributed by atoms with Gasteiger partial charge in [0, 0.05) is 17.0 Å². The quantitative estimate of drug-likeness (QED) is 0.766. The van der Waals surface area contributed by atoms with Gasteiger partial charge in [-0.15, -0.1) is 11.3 Å². The standard InChI is InChI=1S/C11H15NOS/c1-7(2)10-12-6-9(14-10)11(4-5-11)8(3)13/h6-7H,4-5H2,1-3H3. The molecule has 0 spiro atoms. The van der Waals surface area contributed by atoms with Crippen molar-refractivity contribution in [2.24, 2.45) is 0 Å². The van der Waals surface area contributed by atoms with Gasteiger partial charge >= 0.3 is 0 Å². The molecule has 1 heterocycles. The van der Waals surface area contributed by atoms with Crippen LogP contribution in [0.2, 0.25) is 0 Å². The Morgan fingerprint density at radius 2 is 2.21 bits per heavy atom. The number of thiazole rings is 1. The lowest BCUT2D eigenvalue weighted by Crippen LogP contribution is -2.14. The Bertz CT molecular complexity index is 363. The summed E-state index contributed by atoms with van der Waals surface area (Å²) in [6.07, 6.45) is 3.93. The van der Waals surface area contributed by atoms with Crippen LogP contribution in [-0.4, -0.2) is 10.8 Å². The summed E-state index contributed by atoms with van der Waals surface area (Å²) >= 11 is 1.71. The highest BCUT2D eigenvalue weighted by atomic mass is 32.1. The summed E-state index contributed by atoms with van der Waals surface area (Å²) in [6.45, 7) is 5.97. The second kappa shape index (κ2) is 3.16. The molecule has 1 fully saturated rings. The van der Waals surface area contributed by atoms with E-state index in [1.165, 1.54) is 4.88 Å². The Morgan fingerprint density at radius 3 is 2.57 bits per heavy atom. The third-order valence-electron chi connectivity index (χ3n) is 2.91. The molecule has 0 aromatic carbocycles. The number of hydrogen-bond acceptors (Lipinski definition) is 3. The van der Waals surface area contributed by atoms with Gasteiger partial charge in [0.15, 0.2) is 0 Å². The molecule has 1 saturated carbocycles. The van der Waals surface area contributed by atoms with Gasteiger partial charge in [0.1, 0.15) is 5.78 Å². The molecule has 0 atom stereocenters. The fourth-order valence-electron chi connectivity index (χ4n) is 1.67. The maximum atomic E-state index is 11.5. The number of carbonyl (C=O) groups excluding carboxylic acids is 1. The molecule has 1 aromatic heterocycles. The van der Waals surface area contributed by atoms with Crippen molar-refractivity contribution in [2.75, 3.05) is 0 Å². The Morgan fingerprint density at radius 1 is 1.57 bits per heavy atom. The summed E-state index contributed by atoms with van der Waals surface area (Å²) in [5, 5.41) is 1.15. The Labute approximate surface area is 88.4 Å². The third-order valence-corrected chi connectivity index (χ3v) is 4.42. The molecule has 2 rings (SSSR count). The first-order chi connectivity index (χ1) is 6.56. The van der Waals surface area contributed by atoms with Crippen molar-refractivity contribution in [3.8, 4) is 0 Å².